The van der Waals surface area contributed by atoms with Gasteiger partial charge in [-0.2, -0.15) is 13.2 Å². The Bertz CT molecular complexity index is 1090. The number of aryl methyl sites for hydroxylation is 1. The van der Waals surface area contributed by atoms with Gasteiger partial charge in [0.15, 0.2) is 17.3 Å². The van der Waals surface area contributed by atoms with E-state index < -0.39 is 23.5 Å². The lowest BCUT2D eigenvalue weighted by Crippen LogP contribution is -2.21. The molecule has 3 rings (SSSR count). The molecule has 1 N–H and O–H groups in total. The first-order valence-electron chi connectivity index (χ1n) is 10.7. The minimum Gasteiger partial charge on any atom is -0.504 e. The first kappa shape index (κ1) is 24.2. The number of ether oxygens (including phenoxy) is 2. The van der Waals surface area contributed by atoms with Gasteiger partial charge >= 0.3 is 6.11 Å². The van der Waals surface area contributed by atoms with Crippen molar-refractivity contribution < 1.29 is 32.5 Å². The van der Waals surface area contributed by atoms with Gasteiger partial charge in [0.1, 0.15) is 5.75 Å². The van der Waals surface area contributed by atoms with Crippen LogP contribution in [-0.4, -0.2) is 17.5 Å². The molecule has 0 radical (unpaired) electrons. The Morgan fingerprint density at radius 3 is 2.18 bits per heavy atom. The number of phenols is 1. The maximum Gasteiger partial charge on any atom is 0.426 e. The van der Waals surface area contributed by atoms with Crippen molar-refractivity contribution in [2.24, 2.45) is 0 Å². The summed E-state index contributed by atoms with van der Waals surface area (Å²) in [6, 6.07) is 14.1. The predicted molar refractivity (Wildman–Crippen MR) is 119 cm³/mol. The monoisotopic (exact) mass is 458 g/mol. The molecule has 0 aliphatic heterocycles. The summed E-state index contributed by atoms with van der Waals surface area (Å²) in [5.41, 5.74) is 0.893. The van der Waals surface area contributed by atoms with E-state index in [0.717, 1.165) is 18.4 Å². The molecule has 0 aromatic heterocycles. The smallest absolute Gasteiger partial charge is 0.426 e. The van der Waals surface area contributed by atoms with Crippen LogP contribution < -0.4 is 9.47 Å². The van der Waals surface area contributed by atoms with Crippen molar-refractivity contribution in [2.75, 3.05) is 6.61 Å². The molecule has 3 aromatic carbocycles. The molecule has 0 saturated heterocycles. The van der Waals surface area contributed by atoms with E-state index in [1.807, 2.05) is 6.92 Å². The zero-order valence-electron chi connectivity index (χ0n) is 18.4. The Balaban J connectivity index is 1.69. The van der Waals surface area contributed by atoms with Crippen LogP contribution in [0.15, 0.2) is 60.7 Å². The number of alkyl halides is 2. The van der Waals surface area contributed by atoms with Crippen LogP contribution in [0.4, 0.5) is 13.2 Å². The van der Waals surface area contributed by atoms with Gasteiger partial charge in [-0.05, 0) is 60.9 Å². The average molecular weight is 458 g/mol. The van der Waals surface area contributed by atoms with Gasteiger partial charge < -0.3 is 14.6 Å². The molecule has 0 saturated carbocycles. The van der Waals surface area contributed by atoms with E-state index in [4.69, 9.17) is 9.47 Å². The molecule has 174 valence electrons. The number of phenolic OH excluding ortho intramolecular Hbond substituents is 1. The van der Waals surface area contributed by atoms with E-state index in [0.29, 0.717) is 5.56 Å². The van der Waals surface area contributed by atoms with Crippen LogP contribution in [-0.2, 0) is 19.0 Å². The van der Waals surface area contributed by atoms with Gasteiger partial charge in [-0.1, -0.05) is 37.6 Å². The fourth-order valence-electron chi connectivity index (χ4n) is 3.36. The van der Waals surface area contributed by atoms with Gasteiger partial charge in [0.25, 0.3) is 0 Å². The second-order valence-corrected chi connectivity index (χ2v) is 7.52. The molecule has 0 aliphatic carbocycles. The Labute approximate surface area is 190 Å². The van der Waals surface area contributed by atoms with E-state index in [1.165, 1.54) is 48.5 Å². The van der Waals surface area contributed by atoms with Crippen LogP contribution in [0.1, 0.15) is 47.3 Å². The van der Waals surface area contributed by atoms with Gasteiger partial charge in [-0.15, -0.1) is 0 Å². The third kappa shape index (κ3) is 5.86. The highest BCUT2D eigenvalue weighted by Crippen LogP contribution is 2.33. The predicted octanol–water partition coefficient (Wildman–Crippen LogP) is 6.44. The summed E-state index contributed by atoms with van der Waals surface area (Å²) in [5, 5.41) is 10.00. The van der Waals surface area contributed by atoms with Crippen molar-refractivity contribution in [3.8, 4) is 17.2 Å². The minimum atomic E-state index is -3.56. The first-order valence-corrected chi connectivity index (χ1v) is 10.7. The fourth-order valence-corrected chi connectivity index (χ4v) is 3.36. The molecular formula is C26H25F3O4. The third-order valence-corrected chi connectivity index (χ3v) is 5.04. The van der Waals surface area contributed by atoms with Gasteiger partial charge in [-0.25, -0.2) is 0 Å². The largest absolute Gasteiger partial charge is 0.504 e. The summed E-state index contributed by atoms with van der Waals surface area (Å²) in [4.78, 5) is 12.5. The topological polar surface area (TPSA) is 55.8 Å². The third-order valence-electron chi connectivity index (χ3n) is 5.04. The Morgan fingerprint density at radius 2 is 1.58 bits per heavy atom. The van der Waals surface area contributed by atoms with Crippen LogP contribution in [0.3, 0.4) is 0 Å². The van der Waals surface area contributed by atoms with Crippen LogP contribution in [0.2, 0.25) is 0 Å². The van der Waals surface area contributed by atoms with Gasteiger partial charge in [0, 0.05) is 6.42 Å². The van der Waals surface area contributed by atoms with Crippen LogP contribution >= 0.6 is 0 Å². The number of halogens is 3. The number of rotatable bonds is 10. The highest BCUT2D eigenvalue weighted by atomic mass is 19.3. The van der Waals surface area contributed by atoms with E-state index in [-0.39, 0.29) is 35.7 Å². The summed E-state index contributed by atoms with van der Waals surface area (Å²) in [6.07, 6.45) is -1.95. The van der Waals surface area contributed by atoms with Crippen molar-refractivity contribution in [2.45, 2.75) is 39.2 Å². The summed E-state index contributed by atoms with van der Waals surface area (Å²) >= 11 is 0. The highest BCUT2D eigenvalue weighted by Gasteiger charge is 2.34. The quantitative estimate of drug-likeness (QED) is 0.356. The van der Waals surface area contributed by atoms with Crippen LogP contribution in [0, 0.1) is 5.82 Å². The lowest BCUT2D eigenvalue weighted by atomic mass is 10.0. The van der Waals surface area contributed by atoms with Gasteiger partial charge in [0.05, 0.1) is 17.7 Å². The molecule has 0 fully saturated rings. The van der Waals surface area contributed by atoms with Gasteiger partial charge in [0.2, 0.25) is 5.82 Å². The molecule has 0 bridgehead atoms. The van der Waals surface area contributed by atoms with E-state index in [1.54, 1.807) is 19.1 Å². The number of hydrogen-bond acceptors (Lipinski definition) is 4. The average Bonchev–Trinajstić information content (AvgIpc) is 2.79. The summed E-state index contributed by atoms with van der Waals surface area (Å²) in [5.74, 6) is -2.48. The fraction of sp³-hybridized carbons (Fsp3) is 0.269. The van der Waals surface area contributed by atoms with Crippen molar-refractivity contribution in [1.29, 1.82) is 0 Å². The standard InChI is InChI=1S/C26H25F3O4/c1-3-5-17-8-12-20(13-9-17)33-26(28,29)19-10-6-18(7-11-19)16-22(30)21-14-15-23(32-4-2)24(27)25(21)31/h6-15,31H,3-5,16H2,1-2H3. The maximum atomic E-state index is 14.6. The van der Waals surface area contributed by atoms with Crippen molar-refractivity contribution in [1.82, 2.24) is 0 Å². The Hall–Kier alpha value is -3.48. The lowest BCUT2D eigenvalue weighted by molar-refractivity contribution is -0.185. The van der Waals surface area contributed by atoms with Crippen molar-refractivity contribution in [3.05, 3.63) is 88.7 Å². The number of carbonyl (C=O) groups excluding carboxylic acids is 1. The van der Waals surface area contributed by atoms with E-state index in [2.05, 4.69) is 0 Å². The van der Waals surface area contributed by atoms with E-state index >= 15 is 0 Å². The van der Waals surface area contributed by atoms with Crippen LogP contribution in [0.25, 0.3) is 0 Å². The number of Topliss-reactive ketones (excluding diaryl/α,β-unsaturated/α-hetero) is 1. The molecule has 0 spiro atoms. The number of ketones is 1. The number of hydrogen-bond donors (Lipinski definition) is 1. The second kappa shape index (κ2) is 10.4. The molecule has 0 unspecified atom stereocenters. The molecule has 4 nitrogen and oxygen atoms in total. The molecule has 0 amide bonds. The normalized spacial score (nSPS) is 11.3. The second-order valence-electron chi connectivity index (χ2n) is 7.52. The number of aromatic hydroxyl groups is 1. The molecule has 0 heterocycles. The molecular weight excluding hydrogens is 433 g/mol. The lowest BCUT2D eigenvalue weighted by Gasteiger charge is -2.19. The SMILES string of the molecule is CCCc1ccc(OC(F)(F)c2ccc(CC(=O)c3ccc(OCC)c(F)c3O)cc2)cc1. The Morgan fingerprint density at radius 1 is 0.939 bits per heavy atom. The number of benzene rings is 3. The zero-order chi connectivity index (χ0) is 24.0. The maximum absolute atomic E-state index is 14.6. The summed E-state index contributed by atoms with van der Waals surface area (Å²) < 4.78 is 53.2. The summed E-state index contributed by atoms with van der Waals surface area (Å²) in [7, 11) is 0. The van der Waals surface area contributed by atoms with Crippen molar-refractivity contribution >= 4 is 5.78 Å². The molecule has 33 heavy (non-hydrogen) atoms. The highest BCUT2D eigenvalue weighted by molar-refractivity contribution is 6.00. The molecule has 7 heteroatoms. The van der Waals surface area contributed by atoms with Crippen molar-refractivity contribution in [3.63, 3.8) is 0 Å². The number of carbonyl (C=O) groups is 1. The summed E-state index contributed by atoms with van der Waals surface area (Å²) in [6.45, 7) is 3.90. The molecule has 0 atom stereocenters. The van der Waals surface area contributed by atoms with Crippen LogP contribution in [0.5, 0.6) is 17.2 Å². The first-order chi connectivity index (χ1) is 15.7. The molecule has 3 aromatic rings. The van der Waals surface area contributed by atoms with Gasteiger partial charge in [-0.3, -0.25) is 4.79 Å². The Kier molecular flexibility index (Phi) is 7.63. The minimum absolute atomic E-state index is 0.0482. The van der Waals surface area contributed by atoms with E-state index in [9.17, 15) is 23.1 Å². The molecule has 0 aliphatic rings. The zero-order valence-corrected chi connectivity index (χ0v) is 18.4.